The van der Waals surface area contributed by atoms with E-state index in [2.05, 4.69) is 27.5 Å². The lowest BCUT2D eigenvalue weighted by atomic mass is 10.0. The van der Waals surface area contributed by atoms with Crippen molar-refractivity contribution in [2.45, 2.75) is 12.6 Å². The van der Waals surface area contributed by atoms with Gasteiger partial charge in [-0.2, -0.15) is 0 Å². The van der Waals surface area contributed by atoms with Gasteiger partial charge in [0.25, 0.3) is 0 Å². The monoisotopic (exact) mass is 454 g/mol. The van der Waals surface area contributed by atoms with Crippen LogP contribution in [0.3, 0.4) is 0 Å². The van der Waals surface area contributed by atoms with Gasteiger partial charge in [0.1, 0.15) is 5.75 Å². The molecule has 1 atom stereocenters. The van der Waals surface area contributed by atoms with Crippen molar-refractivity contribution in [1.82, 2.24) is 20.4 Å². The van der Waals surface area contributed by atoms with Gasteiger partial charge in [0.05, 0.1) is 13.2 Å². The van der Waals surface area contributed by atoms with Crippen LogP contribution in [0.2, 0.25) is 0 Å². The molecule has 2 aliphatic rings. The number of methoxy groups -OCH3 is 1. The van der Waals surface area contributed by atoms with Crippen molar-refractivity contribution in [3.05, 3.63) is 53.6 Å². The standard InChI is InChI=1S/C24H30N4O5/c1-27-9-11-28(12-10-27)19(17-7-8-21-22(13-17)33-16-32-21)15-26-24(30)23(29)25-14-18-5-3-4-6-20(18)31-2/h3-8,13,19H,9-12,14-16H2,1-2H3,(H,25,29)(H,26,30). The van der Waals surface area contributed by atoms with Crippen LogP contribution in [0, 0.1) is 0 Å². The number of nitrogens with zero attached hydrogens (tertiary/aromatic N) is 2. The average Bonchev–Trinajstić information content (AvgIpc) is 3.32. The number of carbonyl (C=O) groups excluding carboxylic acids is 2. The zero-order valence-electron chi connectivity index (χ0n) is 19.0. The van der Waals surface area contributed by atoms with Crippen molar-refractivity contribution in [2.24, 2.45) is 0 Å². The van der Waals surface area contributed by atoms with Crippen LogP contribution in [0.15, 0.2) is 42.5 Å². The molecule has 1 saturated heterocycles. The molecule has 2 amide bonds. The maximum atomic E-state index is 12.6. The van der Waals surface area contributed by atoms with Crippen molar-refractivity contribution < 1.29 is 23.8 Å². The van der Waals surface area contributed by atoms with E-state index in [1.807, 2.05) is 42.5 Å². The fraction of sp³-hybridized carbons (Fsp3) is 0.417. The second kappa shape index (κ2) is 10.5. The van der Waals surface area contributed by atoms with Crippen LogP contribution in [0.25, 0.3) is 0 Å². The summed E-state index contributed by atoms with van der Waals surface area (Å²) in [5.74, 6) is 0.743. The van der Waals surface area contributed by atoms with E-state index < -0.39 is 11.8 Å². The molecule has 33 heavy (non-hydrogen) atoms. The molecular weight excluding hydrogens is 424 g/mol. The van der Waals surface area contributed by atoms with Gasteiger partial charge in [0, 0.05) is 44.8 Å². The molecular formula is C24H30N4O5. The predicted molar refractivity (Wildman–Crippen MR) is 122 cm³/mol. The molecule has 2 aromatic carbocycles. The Morgan fingerprint density at radius 2 is 1.73 bits per heavy atom. The first kappa shape index (κ1) is 22.9. The predicted octanol–water partition coefficient (Wildman–Crippen LogP) is 1.14. The molecule has 2 aliphatic heterocycles. The first-order valence-electron chi connectivity index (χ1n) is 11.0. The van der Waals surface area contributed by atoms with Crippen molar-refractivity contribution in [2.75, 3.05) is 53.7 Å². The molecule has 1 unspecified atom stereocenters. The van der Waals surface area contributed by atoms with E-state index in [-0.39, 0.29) is 19.4 Å². The zero-order chi connectivity index (χ0) is 23.2. The number of fused-ring (bicyclic) bond motifs is 1. The number of para-hydroxylation sites is 1. The fourth-order valence-corrected chi connectivity index (χ4v) is 4.09. The van der Waals surface area contributed by atoms with E-state index in [9.17, 15) is 9.59 Å². The lowest BCUT2D eigenvalue weighted by Gasteiger charge is -2.38. The van der Waals surface area contributed by atoms with Crippen LogP contribution in [-0.4, -0.2) is 75.3 Å². The number of hydrogen-bond acceptors (Lipinski definition) is 7. The summed E-state index contributed by atoms with van der Waals surface area (Å²) < 4.78 is 16.3. The number of nitrogens with one attached hydrogen (secondary N) is 2. The Morgan fingerprint density at radius 3 is 2.52 bits per heavy atom. The highest BCUT2D eigenvalue weighted by atomic mass is 16.7. The molecule has 0 radical (unpaired) electrons. The lowest BCUT2D eigenvalue weighted by Crippen LogP contribution is -2.49. The summed E-state index contributed by atoms with van der Waals surface area (Å²) in [4.78, 5) is 29.6. The Bertz CT molecular complexity index is 991. The van der Waals surface area contributed by atoms with Gasteiger partial charge in [0.15, 0.2) is 11.5 Å². The smallest absolute Gasteiger partial charge is 0.309 e. The molecule has 2 aromatic rings. The Balaban J connectivity index is 1.39. The van der Waals surface area contributed by atoms with Gasteiger partial charge in [-0.25, -0.2) is 0 Å². The number of carbonyl (C=O) groups is 2. The topological polar surface area (TPSA) is 92.4 Å². The third-order valence-electron chi connectivity index (χ3n) is 6.05. The molecule has 9 nitrogen and oxygen atoms in total. The first-order valence-corrected chi connectivity index (χ1v) is 11.0. The highest BCUT2D eigenvalue weighted by Gasteiger charge is 2.27. The molecule has 1 fully saturated rings. The molecule has 2 N–H and O–H groups in total. The zero-order valence-corrected chi connectivity index (χ0v) is 19.0. The van der Waals surface area contributed by atoms with Crippen molar-refractivity contribution in [1.29, 1.82) is 0 Å². The number of benzene rings is 2. The Labute approximate surface area is 193 Å². The Morgan fingerprint density at radius 1 is 1.00 bits per heavy atom. The second-order valence-corrected chi connectivity index (χ2v) is 8.17. The Hall–Kier alpha value is -3.30. The molecule has 0 aliphatic carbocycles. The minimum atomic E-state index is -0.677. The summed E-state index contributed by atoms with van der Waals surface area (Å²) in [6, 6.07) is 13.1. The van der Waals surface area contributed by atoms with Crippen LogP contribution in [0.4, 0.5) is 0 Å². The summed E-state index contributed by atoms with van der Waals surface area (Å²) in [7, 11) is 3.67. The SMILES string of the molecule is COc1ccccc1CNC(=O)C(=O)NCC(c1ccc2c(c1)OCO2)N1CCN(C)CC1. The summed E-state index contributed by atoms with van der Waals surface area (Å²) in [6.45, 7) is 4.34. The molecule has 0 saturated carbocycles. The Kier molecular flexibility index (Phi) is 7.31. The summed E-state index contributed by atoms with van der Waals surface area (Å²) in [5, 5.41) is 5.48. The van der Waals surface area contributed by atoms with Gasteiger partial charge in [-0.05, 0) is 30.8 Å². The van der Waals surface area contributed by atoms with Crippen LogP contribution >= 0.6 is 0 Å². The number of ether oxygens (including phenoxy) is 3. The van der Waals surface area contributed by atoms with Gasteiger partial charge in [-0.3, -0.25) is 14.5 Å². The van der Waals surface area contributed by atoms with Crippen molar-refractivity contribution in [3.8, 4) is 17.2 Å². The quantitative estimate of drug-likeness (QED) is 0.607. The summed E-state index contributed by atoms with van der Waals surface area (Å²) in [5.41, 5.74) is 1.82. The number of piperazine rings is 1. The minimum Gasteiger partial charge on any atom is -0.496 e. The maximum absolute atomic E-state index is 12.6. The average molecular weight is 455 g/mol. The van der Waals surface area contributed by atoms with Gasteiger partial charge < -0.3 is 29.7 Å². The molecule has 2 heterocycles. The molecule has 176 valence electrons. The largest absolute Gasteiger partial charge is 0.496 e. The van der Waals surface area contributed by atoms with Crippen molar-refractivity contribution in [3.63, 3.8) is 0 Å². The van der Waals surface area contributed by atoms with Gasteiger partial charge >= 0.3 is 11.8 Å². The highest BCUT2D eigenvalue weighted by molar-refractivity contribution is 6.35. The van der Waals surface area contributed by atoms with Crippen LogP contribution in [-0.2, 0) is 16.1 Å². The maximum Gasteiger partial charge on any atom is 0.309 e. The summed E-state index contributed by atoms with van der Waals surface area (Å²) in [6.07, 6.45) is 0. The van der Waals surface area contributed by atoms with Crippen molar-refractivity contribution >= 4 is 11.8 Å². The minimum absolute atomic E-state index is 0.0841. The van der Waals surface area contributed by atoms with E-state index in [1.54, 1.807) is 7.11 Å². The van der Waals surface area contributed by atoms with Crippen LogP contribution in [0.1, 0.15) is 17.2 Å². The fourth-order valence-electron chi connectivity index (χ4n) is 4.09. The number of amides is 2. The van der Waals surface area contributed by atoms with Gasteiger partial charge in [-0.1, -0.05) is 24.3 Å². The molecule has 0 spiro atoms. The van der Waals surface area contributed by atoms with E-state index in [4.69, 9.17) is 14.2 Å². The molecule has 0 bridgehead atoms. The molecule has 4 rings (SSSR count). The number of rotatable bonds is 7. The van der Waals surface area contributed by atoms with Gasteiger partial charge in [-0.15, -0.1) is 0 Å². The molecule has 9 heteroatoms. The van der Waals surface area contributed by atoms with E-state index >= 15 is 0 Å². The second-order valence-electron chi connectivity index (χ2n) is 8.17. The third kappa shape index (κ3) is 5.55. The summed E-state index contributed by atoms with van der Waals surface area (Å²) >= 11 is 0. The van der Waals surface area contributed by atoms with Crippen LogP contribution in [0.5, 0.6) is 17.2 Å². The van der Waals surface area contributed by atoms with E-state index in [0.29, 0.717) is 18.0 Å². The lowest BCUT2D eigenvalue weighted by molar-refractivity contribution is -0.139. The van der Waals surface area contributed by atoms with E-state index in [1.165, 1.54) is 0 Å². The number of hydrogen-bond donors (Lipinski definition) is 2. The third-order valence-corrected chi connectivity index (χ3v) is 6.05. The van der Waals surface area contributed by atoms with Gasteiger partial charge in [0.2, 0.25) is 6.79 Å². The van der Waals surface area contributed by atoms with E-state index in [0.717, 1.165) is 43.1 Å². The number of likely N-dealkylation sites (N-methyl/N-ethyl adjacent to an activating group) is 1. The first-order chi connectivity index (χ1) is 16.0. The molecule has 0 aromatic heterocycles. The highest BCUT2D eigenvalue weighted by Crippen LogP contribution is 2.35. The van der Waals surface area contributed by atoms with Crippen LogP contribution < -0.4 is 24.8 Å². The normalized spacial score (nSPS) is 16.8.